The van der Waals surface area contributed by atoms with E-state index in [9.17, 15) is 4.21 Å². The molecule has 1 atom stereocenters. The monoisotopic (exact) mass is 217 g/mol. The first-order valence-corrected chi connectivity index (χ1v) is 6.03. The van der Waals surface area contributed by atoms with Gasteiger partial charge in [-0.1, -0.05) is 19.9 Å². The number of aliphatic imine (C=N–C) groups is 1. The maximum Gasteiger partial charge on any atom is 0.0585 e. The fraction of sp³-hybridized carbons (Fsp3) is 0.667. The van der Waals surface area contributed by atoms with Gasteiger partial charge in [-0.15, -0.1) is 0 Å². The lowest BCUT2D eigenvalue weighted by atomic mass is 10.3. The average molecular weight is 217 g/mol. The van der Waals surface area contributed by atoms with Crippen LogP contribution in [0.15, 0.2) is 16.5 Å². The second-order valence-electron chi connectivity index (χ2n) is 3.07. The fourth-order valence-corrected chi connectivity index (χ4v) is 1.95. The van der Waals surface area contributed by atoms with Gasteiger partial charge in [0.1, 0.15) is 0 Å². The topological polar surface area (TPSA) is 29.4 Å². The minimum absolute atomic E-state index is 0.476. The summed E-state index contributed by atoms with van der Waals surface area (Å²) >= 11 is 4.41. The Kier molecular flexibility index (Phi) is 8.10. The first-order valence-electron chi connectivity index (χ1n) is 4.24. The first-order chi connectivity index (χ1) is 6.16. The molecule has 0 aliphatic heterocycles. The highest BCUT2D eigenvalue weighted by molar-refractivity contribution is 7.87. The number of rotatable bonds is 6. The van der Waals surface area contributed by atoms with Gasteiger partial charge in [-0.05, 0) is 30.0 Å². The van der Waals surface area contributed by atoms with Crippen LogP contribution in [0.2, 0.25) is 0 Å². The van der Waals surface area contributed by atoms with E-state index in [1.807, 2.05) is 6.08 Å². The molecule has 0 aliphatic carbocycles. The third kappa shape index (κ3) is 9.61. The van der Waals surface area contributed by atoms with Gasteiger partial charge in [0.25, 0.3) is 0 Å². The molecule has 0 aromatic heterocycles. The largest absolute Gasteiger partial charge is 0.255 e. The van der Waals surface area contributed by atoms with E-state index < -0.39 is 10.8 Å². The predicted octanol–water partition coefficient (Wildman–Crippen LogP) is 2.40. The fourth-order valence-electron chi connectivity index (χ4n) is 0.744. The van der Waals surface area contributed by atoms with E-state index in [-0.39, 0.29) is 0 Å². The summed E-state index contributed by atoms with van der Waals surface area (Å²) < 4.78 is 11.2. The summed E-state index contributed by atoms with van der Waals surface area (Å²) in [6, 6.07) is 0. The molecule has 0 aromatic rings. The molecule has 0 rings (SSSR count). The number of nitrogens with zero attached hydrogens (tertiary/aromatic N) is 1. The highest BCUT2D eigenvalue weighted by Gasteiger charge is 1.97. The molecule has 13 heavy (non-hydrogen) atoms. The lowest BCUT2D eigenvalue weighted by Gasteiger charge is -1.98. The van der Waals surface area contributed by atoms with Crippen LogP contribution in [0.4, 0.5) is 0 Å². The summed E-state index contributed by atoms with van der Waals surface area (Å²) in [5, 5.41) is 4.02. The van der Waals surface area contributed by atoms with Crippen molar-refractivity contribution in [1.29, 1.82) is 0 Å². The van der Waals surface area contributed by atoms with Crippen LogP contribution in [0.5, 0.6) is 0 Å². The van der Waals surface area contributed by atoms with E-state index in [0.717, 1.165) is 12.2 Å². The SMILES string of the molecule is CC(C)CS(=O)/C=C/CCN=C=S. The zero-order valence-corrected chi connectivity index (χ0v) is 9.66. The van der Waals surface area contributed by atoms with Crippen LogP contribution in [0.25, 0.3) is 0 Å². The zero-order chi connectivity index (χ0) is 10.1. The van der Waals surface area contributed by atoms with E-state index in [1.54, 1.807) is 5.41 Å². The third-order valence-corrected chi connectivity index (χ3v) is 2.84. The van der Waals surface area contributed by atoms with Crippen LogP contribution in [0.1, 0.15) is 20.3 Å². The third-order valence-electron chi connectivity index (χ3n) is 1.22. The van der Waals surface area contributed by atoms with Gasteiger partial charge in [0.2, 0.25) is 0 Å². The van der Waals surface area contributed by atoms with Gasteiger partial charge in [-0.2, -0.15) is 0 Å². The molecule has 0 saturated carbocycles. The van der Waals surface area contributed by atoms with Crippen LogP contribution in [-0.2, 0) is 10.8 Å². The Morgan fingerprint density at radius 1 is 1.62 bits per heavy atom. The maximum absolute atomic E-state index is 11.2. The lowest BCUT2D eigenvalue weighted by Crippen LogP contribution is -2.00. The molecule has 0 saturated heterocycles. The molecule has 74 valence electrons. The Bertz CT molecular complexity index is 230. The van der Waals surface area contributed by atoms with Gasteiger partial charge in [0.05, 0.1) is 11.7 Å². The van der Waals surface area contributed by atoms with Gasteiger partial charge in [0, 0.05) is 16.6 Å². The highest BCUT2D eigenvalue weighted by atomic mass is 32.2. The van der Waals surface area contributed by atoms with E-state index in [2.05, 4.69) is 36.2 Å². The quantitative estimate of drug-likeness (QED) is 0.388. The van der Waals surface area contributed by atoms with Crippen molar-refractivity contribution in [3.63, 3.8) is 0 Å². The van der Waals surface area contributed by atoms with E-state index >= 15 is 0 Å². The second kappa shape index (κ2) is 8.30. The number of hydrogen-bond donors (Lipinski definition) is 0. The van der Waals surface area contributed by atoms with Gasteiger partial charge in [-0.3, -0.25) is 4.21 Å². The molecule has 0 aliphatic rings. The van der Waals surface area contributed by atoms with Crippen molar-refractivity contribution >= 4 is 28.2 Å². The van der Waals surface area contributed by atoms with Crippen molar-refractivity contribution in [3.05, 3.63) is 11.5 Å². The van der Waals surface area contributed by atoms with Crippen LogP contribution >= 0.6 is 12.2 Å². The van der Waals surface area contributed by atoms with Crippen molar-refractivity contribution in [1.82, 2.24) is 0 Å². The molecule has 2 nitrogen and oxygen atoms in total. The zero-order valence-electron chi connectivity index (χ0n) is 8.03. The number of isothiocyanates is 1. The highest BCUT2D eigenvalue weighted by Crippen LogP contribution is 1.97. The molecular formula is C9H15NOS2. The van der Waals surface area contributed by atoms with Crippen molar-refractivity contribution in [2.75, 3.05) is 12.3 Å². The Morgan fingerprint density at radius 2 is 2.31 bits per heavy atom. The normalized spacial score (nSPS) is 13.2. The van der Waals surface area contributed by atoms with Crippen LogP contribution in [0, 0.1) is 5.92 Å². The summed E-state index contributed by atoms with van der Waals surface area (Å²) in [4.78, 5) is 3.74. The Labute approximate surface area is 87.6 Å². The van der Waals surface area contributed by atoms with Gasteiger partial charge in [0.15, 0.2) is 0 Å². The Morgan fingerprint density at radius 3 is 2.85 bits per heavy atom. The first kappa shape index (κ1) is 12.7. The predicted molar refractivity (Wildman–Crippen MR) is 61.5 cm³/mol. The molecule has 4 heteroatoms. The van der Waals surface area contributed by atoms with Crippen LogP contribution in [0.3, 0.4) is 0 Å². The molecule has 0 N–H and O–H groups in total. The number of hydrogen-bond acceptors (Lipinski definition) is 3. The maximum atomic E-state index is 11.2. The molecule has 0 spiro atoms. The lowest BCUT2D eigenvalue weighted by molar-refractivity contribution is 0.670. The Balaban J connectivity index is 3.59. The molecule has 0 fully saturated rings. The summed E-state index contributed by atoms with van der Waals surface area (Å²) in [6.45, 7) is 4.75. The molecule has 0 bridgehead atoms. The second-order valence-corrected chi connectivity index (χ2v) is 4.62. The van der Waals surface area contributed by atoms with E-state index in [4.69, 9.17) is 0 Å². The van der Waals surface area contributed by atoms with Gasteiger partial charge in [-0.25, -0.2) is 4.99 Å². The van der Waals surface area contributed by atoms with Crippen LogP contribution in [-0.4, -0.2) is 21.7 Å². The van der Waals surface area contributed by atoms with Crippen LogP contribution < -0.4 is 0 Å². The summed E-state index contributed by atoms with van der Waals surface area (Å²) in [5.41, 5.74) is 0. The van der Waals surface area contributed by atoms with Crippen molar-refractivity contribution in [3.8, 4) is 0 Å². The molecular weight excluding hydrogens is 202 g/mol. The van der Waals surface area contributed by atoms with E-state index in [1.165, 1.54) is 0 Å². The summed E-state index contributed by atoms with van der Waals surface area (Å²) in [7, 11) is -0.824. The van der Waals surface area contributed by atoms with E-state index in [0.29, 0.717) is 12.5 Å². The smallest absolute Gasteiger partial charge is 0.0585 e. The van der Waals surface area contributed by atoms with Crippen molar-refractivity contribution in [2.45, 2.75) is 20.3 Å². The van der Waals surface area contributed by atoms with Crippen molar-refractivity contribution < 1.29 is 4.21 Å². The Hall–Kier alpha value is -0.310. The standard InChI is InChI=1S/C9H15NOS2/c1-9(2)7-13(11)6-4-3-5-10-8-12/h4,6,9H,3,5,7H2,1-2H3/b6-4+. The minimum atomic E-state index is -0.824. The molecule has 0 amide bonds. The van der Waals surface area contributed by atoms with Gasteiger partial charge >= 0.3 is 0 Å². The molecule has 0 radical (unpaired) electrons. The minimum Gasteiger partial charge on any atom is -0.255 e. The summed E-state index contributed by atoms with van der Waals surface area (Å²) in [6.07, 6.45) is 2.67. The molecule has 1 unspecified atom stereocenters. The number of thiocarbonyl (C=S) groups is 1. The van der Waals surface area contributed by atoms with Gasteiger partial charge < -0.3 is 0 Å². The van der Waals surface area contributed by atoms with Crippen molar-refractivity contribution in [2.24, 2.45) is 10.9 Å². The average Bonchev–Trinajstić information content (AvgIpc) is 2.02. The summed E-state index contributed by atoms with van der Waals surface area (Å²) in [5.74, 6) is 1.21. The molecule has 0 aromatic carbocycles. The molecule has 0 heterocycles.